The Bertz CT molecular complexity index is 710. The van der Waals surface area contributed by atoms with Crippen LogP contribution in [0.5, 0.6) is 0 Å². The molecule has 1 heterocycles. The lowest BCUT2D eigenvalue weighted by Crippen LogP contribution is -2.35. The Morgan fingerprint density at radius 1 is 1.19 bits per heavy atom. The lowest BCUT2D eigenvalue weighted by molar-refractivity contribution is -0.116. The highest BCUT2D eigenvalue weighted by Crippen LogP contribution is 2.09. The summed E-state index contributed by atoms with van der Waals surface area (Å²) < 4.78 is 17.9. The van der Waals surface area contributed by atoms with Gasteiger partial charge in [0.1, 0.15) is 11.5 Å². The zero-order chi connectivity index (χ0) is 18.8. The molecule has 0 saturated heterocycles. The lowest BCUT2D eigenvalue weighted by atomic mass is 10.2. The summed E-state index contributed by atoms with van der Waals surface area (Å²) in [5.41, 5.74) is 0.728. The molecule has 0 fully saturated rings. The summed E-state index contributed by atoms with van der Waals surface area (Å²) in [6.07, 6.45) is 5.08. The van der Waals surface area contributed by atoms with Gasteiger partial charge in [-0.2, -0.15) is 0 Å². The molecule has 2 amide bonds. The van der Waals surface area contributed by atoms with E-state index in [9.17, 15) is 14.0 Å². The molecule has 0 aliphatic rings. The summed E-state index contributed by atoms with van der Waals surface area (Å²) in [6.45, 7) is 1.17. The molecular formula is C18H21FN4O3. The molecule has 8 heteroatoms. The molecule has 7 nitrogen and oxygen atoms in total. The first kappa shape index (κ1) is 19.5. The van der Waals surface area contributed by atoms with Crippen LogP contribution < -0.4 is 5.32 Å². The van der Waals surface area contributed by atoms with Crippen LogP contribution in [0.3, 0.4) is 0 Å². The van der Waals surface area contributed by atoms with Gasteiger partial charge in [0, 0.05) is 51.3 Å². The van der Waals surface area contributed by atoms with E-state index in [0.29, 0.717) is 25.3 Å². The van der Waals surface area contributed by atoms with Crippen LogP contribution in [0.1, 0.15) is 23.3 Å². The summed E-state index contributed by atoms with van der Waals surface area (Å²) in [4.78, 5) is 34.1. The second-order valence-corrected chi connectivity index (χ2v) is 5.53. The van der Waals surface area contributed by atoms with Gasteiger partial charge in [-0.05, 0) is 30.7 Å². The zero-order valence-electron chi connectivity index (χ0n) is 14.5. The minimum Gasteiger partial charge on any atom is -0.385 e. The number of nitrogens with zero attached hydrogens (tertiary/aromatic N) is 3. The van der Waals surface area contributed by atoms with E-state index in [2.05, 4.69) is 15.3 Å². The fraction of sp³-hybridized carbons (Fsp3) is 0.333. The first-order valence-corrected chi connectivity index (χ1v) is 8.20. The number of carbonyl (C=O) groups is 2. The molecule has 0 aliphatic heterocycles. The van der Waals surface area contributed by atoms with E-state index in [1.54, 1.807) is 12.0 Å². The van der Waals surface area contributed by atoms with Crippen molar-refractivity contribution in [3.63, 3.8) is 0 Å². The van der Waals surface area contributed by atoms with Gasteiger partial charge in [-0.3, -0.25) is 14.6 Å². The molecule has 138 valence electrons. The van der Waals surface area contributed by atoms with E-state index < -0.39 is 0 Å². The number of benzene rings is 1. The molecular weight excluding hydrogens is 339 g/mol. The van der Waals surface area contributed by atoms with Crippen LogP contribution in [0.4, 0.5) is 10.1 Å². The van der Waals surface area contributed by atoms with Crippen LogP contribution in [-0.4, -0.2) is 53.5 Å². The zero-order valence-corrected chi connectivity index (χ0v) is 14.5. The fourth-order valence-electron chi connectivity index (χ4n) is 2.28. The Hall–Kier alpha value is -2.87. The van der Waals surface area contributed by atoms with Gasteiger partial charge in [0.25, 0.3) is 5.91 Å². The maximum atomic E-state index is 12.9. The topological polar surface area (TPSA) is 84.4 Å². The Morgan fingerprint density at radius 2 is 1.96 bits per heavy atom. The molecule has 26 heavy (non-hydrogen) atoms. The van der Waals surface area contributed by atoms with Crippen LogP contribution in [-0.2, 0) is 9.53 Å². The molecule has 0 unspecified atom stereocenters. The number of nitrogens with one attached hydrogen (secondary N) is 1. The van der Waals surface area contributed by atoms with E-state index in [4.69, 9.17) is 4.74 Å². The molecule has 1 aromatic heterocycles. The third-order valence-corrected chi connectivity index (χ3v) is 3.58. The number of hydrogen-bond donors (Lipinski definition) is 1. The largest absolute Gasteiger partial charge is 0.385 e. The Labute approximate surface area is 151 Å². The Kier molecular flexibility index (Phi) is 7.63. The highest BCUT2D eigenvalue weighted by atomic mass is 19.1. The Balaban J connectivity index is 1.93. The summed E-state index contributed by atoms with van der Waals surface area (Å²) in [7, 11) is 1.59. The average molecular weight is 360 g/mol. The summed E-state index contributed by atoms with van der Waals surface area (Å²) in [5.74, 6) is -0.925. The summed E-state index contributed by atoms with van der Waals surface area (Å²) in [5, 5.41) is 2.67. The maximum Gasteiger partial charge on any atom is 0.274 e. The highest BCUT2D eigenvalue weighted by Gasteiger charge is 2.18. The third-order valence-electron chi connectivity index (χ3n) is 3.58. The van der Waals surface area contributed by atoms with E-state index in [0.717, 1.165) is 0 Å². The molecule has 0 aliphatic carbocycles. The predicted octanol–water partition coefficient (Wildman–Crippen LogP) is 2.12. The van der Waals surface area contributed by atoms with Crippen molar-refractivity contribution < 1.29 is 18.7 Å². The van der Waals surface area contributed by atoms with Gasteiger partial charge in [-0.1, -0.05) is 0 Å². The fourth-order valence-corrected chi connectivity index (χ4v) is 2.28. The van der Waals surface area contributed by atoms with E-state index >= 15 is 0 Å². The van der Waals surface area contributed by atoms with Crippen molar-refractivity contribution in [1.82, 2.24) is 14.9 Å². The first-order chi connectivity index (χ1) is 12.6. The smallest absolute Gasteiger partial charge is 0.274 e. The molecule has 0 saturated carbocycles. The standard InChI is InChI=1S/C18H21FN4O3/c1-26-12-2-10-23(18(25)16-13-20-8-9-21-16)11-7-17(24)22-15-5-3-14(19)4-6-15/h3-6,8-9,13H,2,7,10-12H2,1H3,(H,22,24). The average Bonchev–Trinajstić information content (AvgIpc) is 2.66. The lowest BCUT2D eigenvalue weighted by Gasteiger charge is -2.22. The van der Waals surface area contributed by atoms with E-state index in [1.807, 2.05) is 0 Å². The minimum atomic E-state index is -0.373. The number of rotatable bonds is 9. The first-order valence-electron chi connectivity index (χ1n) is 8.20. The minimum absolute atomic E-state index is 0.108. The number of aromatic nitrogens is 2. The van der Waals surface area contributed by atoms with Crippen LogP contribution >= 0.6 is 0 Å². The van der Waals surface area contributed by atoms with E-state index in [1.165, 1.54) is 42.9 Å². The maximum absolute atomic E-state index is 12.9. The Morgan fingerprint density at radius 3 is 2.62 bits per heavy atom. The van der Waals surface area contributed by atoms with Crippen LogP contribution in [0.25, 0.3) is 0 Å². The predicted molar refractivity (Wildman–Crippen MR) is 94.1 cm³/mol. The van der Waals surface area contributed by atoms with Crippen molar-refractivity contribution in [2.24, 2.45) is 0 Å². The summed E-state index contributed by atoms with van der Waals surface area (Å²) in [6, 6.07) is 5.50. The van der Waals surface area contributed by atoms with Crippen molar-refractivity contribution in [3.05, 3.63) is 54.4 Å². The number of ether oxygens (including phenoxy) is 1. The molecule has 1 N–H and O–H groups in total. The molecule has 2 rings (SSSR count). The normalized spacial score (nSPS) is 10.4. The summed E-state index contributed by atoms with van der Waals surface area (Å²) >= 11 is 0. The van der Waals surface area contributed by atoms with Crippen LogP contribution in [0.15, 0.2) is 42.9 Å². The van der Waals surface area contributed by atoms with Crippen molar-refractivity contribution >= 4 is 17.5 Å². The van der Waals surface area contributed by atoms with Crippen molar-refractivity contribution in [1.29, 1.82) is 0 Å². The number of anilines is 1. The van der Waals surface area contributed by atoms with Crippen molar-refractivity contribution in [3.8, 4) is 0 Å². The van der Waals surface area contributed by atoms with Gasteiger partial charge in [-0.25, -0.2) is 9.37 Å². The van der Waals surface area contributed by atoms with Gasteiger partial charge < -0.3 is 15.0 Å². The van der Waals surface area contributed by atoms with Gasteiger partial charge in [0.15, 0.2) is 0 Å². The highest BCUT2D eigenvalue weighted by molar-refractivity contribution is 5.93. The van der Waals surface area contributed by atoms with Gasteiger partial charge >= 0.3 is 0 Å². The molecule has 0 spiro atoms. The second-order valence-electron chi connectivity index (χ2n) is 5.53. The quantitative estimate of drug-likeness (QED) is 0.693. The molecule has 2 aromatic rings. The molecule has 0 bridgehead atoms. The third kappa shape index (κ3) is 6.21. The number of hydrogen-bond acceptors (Lipinski definition) is 5. The number of methoxy groups -OCH3 is 1. The monoisotopic (exact) mass is 360 g/mol. The number of amides is 2. The SMILES string of the molecule is COCCCN(CCC(=O)Nc1ccc(F)cc1)C(=O)c1cnccn1. The molecule has 0 radical (unpaired) electrons. The van der Waals surface area contributed by atoms with Crippen molar-refractivity contribution in [2.45, 2.75) is 12.8 Å². The van der Waals surface area contributed by atoms with Gasteiger partial charge in [0.05, 0.1) is 6.20 Å². The number of halogens is 1. The molecule has 0 atom stereocenters. The van der Waals surface area contributed by atoms with E-state index in [-0.39, 0.29) is 36.3 Å². The second kappa shape index (κ2) is 10.2. The van der Waals surface area contributed by atoms with Gasteiger partial charge in [0.2, 0.25) is 5.91 Å². The van der Waals surface area contributed by atoms with Crippen LogP contribution in [0.2, 0.25) is 0 Å². The van der Waals surface area contributed by atoms with Gasteiger partial charge in [-0.15, -0.1) is 0 Å². The van der Waals surface area contributed by atoms with Crippen molar-refractivity contribution in [2.75, 3.05) is 32.1 Å². The van der Waals surface area contributed by atoms with Crippen LogP contribution in [0, 0.1) is 5.82 Å². The number of carbonyl (C=O) groups excluding carboxylic acids is 2. The molecule has 1 aromatic carbocycles.